The highest BCUT2D eigenvalue weighted by atomic mass is 16.6. The zero-order valence-corrected chi connectivity index (χ0v) is 13.4. The maximum atomic E-state index is 12.0. The second-order valence-corrected chi connectivity index (χ2v) is 5.21. The van der Waals surface area contributed by atoms with Crippen LogP contribution in [0.4, 0.5) is 11.4 Å². The smallest absolute Gasteiger partial charge is 0.272 e. The lowest BCUT2D eigenvalue weighted by Gasteiger charge is -2.08. The maximum Gasteiger partial charge on any atom is 0.272 e. The highest BCUT2D eigenvalue weighted by Gasteiger charge is 2.14. The molecular formula is C15H18N4O4. The number of nitro groups is 1. The van der Waals surface area contributed by atoms with Gasteiger partial charge in [0.05, 0.1) is 22.0 Å². The van der Waals surface area contributed by atoms with Crippen molar-refractivity contribution in [1.29, 1.82) is 0 Å². The van der Waals surface area contributed by atoms with E-state index in [1.165, 1.54) is 18.2 Å². The van der Waals surface area contributed by atoms with Crippen molar-refractivity contribution in [2.24, 2.45) is 7.05 Å². The Morgan fingerprint density at radius 1 is 1.39 bits per heavy atom. The van der Waals surface area contributed by atoms with Crippen molar-refractivity contribution >= 4 is 17.3 Å². The number of carbonyl (C=O) groups is 1. The first-order chi connectivity index (χ1) is 10.8. The van der Waals surface area contributed by atoms with Gasteiger partial charge < -0.3 is 10.1 Å². The molecule has 0 saturated heterocycles. The van der Waals surface area contributed by atoms with Gasteiger partial charge in [0.1, 0.15) is 5.75 Å². The van der Waals surface area contributed by atoms with E-state index in [-0.39, 0.29) is 18.2 Å². The molecule has 0 aliphatic heterocycles. The summed E-state index contributed by atoms with van der Waals surface area (Å²) in [6.07, 6.45) is 0. The number of anilines is 1. The summed E-state index contributed by atoms with van der Waals surface area (Å²) in [6, 6.07) is 4.36. The standard InChI is InChI=1S/C15H18N4O4/c1-9-7-12(5-6-13(9)19(21)22)23-8-14(20)16-15-10(2)17-18(4)11(15)3/h5-7H,8H2,1-4H3,(H,16,20). The van der Waals surface area contributed by atoms with Crippen LogP contribution in [0, 0.1) is 30.9 Å². The average molecular weight is 318 g/mol. The van der Waals surface area contributed by atoms with E-state index in [1.807, 2.05) is 13.8 Å². The van der Waals surface area contributed by atoms with Crippen molar-refractivity contribution in [3.05, 3.63) is 45.3 Å². The van der Waals surface area contributed by atoms with Crippen LogP contribution in [0.3, 0.4) is 0 Å². The molecule has 122 valence electrons. The van der Waals surface area contributed by atoms with Gasteiger partial charge in [0.2, 0.25) is 0 Å². The van der Waals surface area contributed by atoms with Crippen molar-refractivity contribution in [2.75, 3.05) is 11.9 Å². The lowest BCUT2D eigenvalue weighted by Crippen LogP contribution is -2.21. The third kappa shape index (κ3) is 3.65. The number of aryl methyl sites for hydroxylation is 3. The van der Waals surface area contributed by atoms with Crippen molar-refractivity contribution in [1.82, 2.24) is 9.78 Å². The topological polar surface area (TPSA) is 99.3 Å². The Balaban J connectivity index is 1.99. The molecule has 0 saturated carbocycles. The van der Waals surface area contributed by atoms with Gasteiger partial charge in [-0.05, 0) is 32.9 Å². The Morgan fingerprint density at radius 2 is 2.09 bits per heavy atom. The van der Waals surface area contributed by atoms with E-state index in [0.717, 1.165) is 11.4 Å². The van der Waals surface area contributed by atoms with E-state index in [9.17, 15) is 14.9 Å². The van der Waals surface area contributed by atoms with Crippen LogP contribution in [0.15, 0.2) is 18.2 Å². The fourth-order valence-electron chi connectivity index (χ4n) is 2.20. The molecule has 0 aliphatic carbocycles. The minimum atomic E-state index is -0.459. The number of amides is 1. The minimum Gasteiger partial charge on any atom is -0.484 e. The molecule has 0 unspecified atom stereocenters. The van der Waals surface area contributed by atoms with Crippen LogP contribution in [0.5, 0.6) is 5.75 Å². The third-order valence-corrected chi connectivity index (χ3v) is 3.51. The zero-order valence-electron chi connectivity index (χ0n) is 13.4. The summed E-state index contributed by atoms with van der Waals surface area (Å²) in [5.74, 6) is 0.0862. The molecule has 1 aromatic heterocycles. The Hall–Kier alpha value is -2.90. The number of ether oxygens (including phenoxy) is 1. The van der Waals surface area contributed by atoms with Crippen molar-refractivity contribution < 1.29 is 14.5 Å². The summed E-state index contributed by atoms with van der Waals surface area (Å²) in [4.78, 5) is 22.3. The molecule has 1 heterocycles. The molecule has 8 heteroatoms. The molecule has 0 bridgehead atoms. The molecule has 0 aliphatic rings. The van der Waals surface area contributed by atoms with E-state index in [1.54, 1.807) is 18.7 Å². The van der Waals surface area contributed by atoms with Crippen LogP contribution in [0.2, 0.25) is 0 Å². The lowest BCUT2D eigenvalue weighted by atomic mass is 10.2. The largest absolute Gasteiger partial charge is 0.484 e. The van der Waals surface area contributed by atoms with Gasteiger partial charge in [-0.25, -0.2) is 0 Å². The quantitative estimate of drug-likeness (QED) is 0.673. The number of aromatic nitrogens is 2. The number of rotatable bonds is 5. The lowest BCUT2D eigenvalue weighted by molar-refractivity contribution is -0.385. The molecule has 0 radical (unpaired) electrons. The first kappa shape index (κ1) is 16.5. The summed E-state index contributed by atoms with van der Waals surface area (Å²) in [5, 5.41) is 17.7. The number of carbonyl (C=O) groups excluding carboxylic acids is 1. The SMILES string of the molecule is Cc1cc(OCC(=O)Nc2c(C)nn(C)c2C)ccc1[N+](=O)[O-]. The van der Waals surface area contributed by atoms with Gasteiger partial charge in [0.15, 0.2) is 6.61 Å². The highest BCUT2D eigenvalue weighted by Crippen LogP contribution is 2.23. The number of hydrogen-bond donors (Lipinski definition) is 1. The van der Waals surface area contributed by atoms with Gasteiger partial charge in [-0.1, -0.05) is 0 Å². The second-order valence-electron chi connectivity index (χ2n) is 5.21. The molecule has 2 aromatic rings. The Morgan fingerprint density at radius 3 is 2.61 bits per heavy atom. The predicted molar refractivity (Wildman–Crippen MR) is 84.6 cm³/mol. The van der Waals surface area contributed by atoms with Crippen LogP contribution in [0.25, 0.3) is 0 Å². The van der Waals surface area contributed by atoms with E-state index in [4.69, 9.17) is 4.74 Å². The molecule has 2 rings (SSSR count). The summed E-state index contributed by atoms with van der Waals surface area (Å²) in [7, 11) is 1.80. The van der Waals surface area contributed by atoms with Crippen molar-refractivity contribution in [2.45, 2.75) is 20.8 Å². The summed E-state index contributed by atoms with van der Waals surface area (Å²) in [6.45, 7) is 5.10. The number of benzene rings is 1. The van der Waals surface area contributed by atoms with Gasteiger partial charge in [0.25, 0.3) is 11.6 Å². The summed E-state index contributed by atoms with van der Waals surface area (Å²) in [5.41, 5.74) is 2.74. The van der Waals surface area contributed by atoms with Gasteiger partial charge in [-0.2, -0.15) is 5.10 Å². The normalized spacial score (nSPS) is 10.4. The number of nitrogens with one attached hydrogen (secondary N) is 1. The fourth-order valence-corrected chi connectivity index (χ4v) is 2.20. The van der Waals surface area contributed by atoms with Gasteiger partial charge in [0, 0.05) is 18.7 Å². The molecule has 1 aromatic carbocycles. The third-order valence-electron chi connectivity index (χ3n) is 3.51. The van der Waals surface area contributed by atoms with Crippen molar-refractivity contribution in [3.63, 3.8) is 0 Å². The summed E-state index contributed by atoms with van der Waals surface area (Å²) >= 11 is 0. The summed E-state index contributed by atoms with van der Waals surface area (Å²) < 4.78 is 7.07. The monoisotopic (exact) mass is 318 g/mol. The number of nitro benzene ring substituents is 1. The minimum absolute atomic E-state index is 0.0170. The van der Waals surface area contributed by atoms with Gasteiger partial charge >= 0.3 is 0 Å². The predicted octanol–water partition coefficient (Wildman–Crippen LogP) is 2.27. The molecular weight excluding hydrogens is 300 g/mol. The zero-order chi connectivity index (χ0) is 17.1. The Bertz CT molecular complexity index is 767. The molecule has 1 N–H and O–H groups in total. The van der Waals surface area contributed by atoms with E-state index < -0.39 is 4.92 Å². The molecule has 0 spiro atoms. The second kappa shape index (κ2) is 6.47. The first-order valence-corrected chi connectivity index (χ1v) is 6.97. The van der Waals surface area contributed by atoms with Crippen LogP contribution < -0.4 is 10.1 Å². The average Bonchev–Trinajstić information content (AvgIpc) is 2.71. The van der Waals surface area contributed by atoms with Gasteiger partial charge in [-0.15, -0.1) is 0 Å². The van der Waals surface area contributed by atoms with Crippen LogP contribution in [-0.2, 0) is 11.8 Å². The number of hydrogen-bond acceptors (Lipinski definition) is 5. The molecule has 23 heavy (non-hydrogen) atoms. The first-order valence-electron chi connectivity index (χ1n) is 6.97. The van der Waals surface area contributed by atoms with Gasteiger partial charge in [-0.3, -0.25) is 19.6 Å². The molecule has 0 atom stereocenters. The molecule has 0 fully saturated rings. The van der Waals surface area contributed by atoms with Crippen LogP contribution in [-0.4, -0.2) is 27.2 Å². The molecule has 8 nitrogen and oxygen atoms in total. The van der Waals surface area contributed by atoms with Crippen LogP contribution >= 0.6 is 0 Å². The highest BCUT2D eigenvalue weighted by molar-refractivity contribution is 5.93. The Labute approximate surface area is 133 Å². The van der Waals surface area contributed by atoms with Crippen LogP contribution in [0.1, 0.15) is 17.0 Å². The number of nitrogens with zero attached hydrogens (tertiary/aromatic N) is 3. The van der Waals surface area contributed by atoms with E-state index in [0.29, 0.717) is 17.0 Å². The van der Waals surface area contributed by atoms with E-state index >= 15 is 0 Å². The maximum absolute atomic E-state index is 12.0. The fraction of sp³-hybridized carbons (Fsp3) is 0.333. The van der Waals surface area contributed by atoms with E-state index in [2.05, 4.69) is 10.4 Å². The molecule has 1 amide bonds. The Kier molecular flexibility index (Phi) is 4.63. The van der Waals surface area contributed by atoms with Crippen molar-refractivity contribution in [3.8, 4) is 5.75 Å².